The minimum Gasteiger partial charge on any atom is -0.481 e. The molecule has 2 aliphatic rings. The van der Waals surface area contributed by atoms with Crippen molar-refractivity contribution in [1.29, 1.82) is 0 Å². The molecule has 1 amide bonds. The van der Waals surface area contributed by atoms with Crippen molar-refractivity contribution in [1.82, 2.24) is 10.2 Å². The van der Waals surface area contributed by atoms with Gasteiger partial charge < -0.3 is 10.4 Å². The molecule has 0 aromatic carbocycles. The molecule has 1 unspecified atom stereocenters. The van der Waals surface area contributed by atoms with Crippen molar-refractivity contribution < 1.29 is 14.7 Å². The van der Waals surface area contributed by atoms with Gasteiger partial charge in [0.1, 0.15) is 0 Å². The molecule has 108 valence electrons. The first-order valence-corrected chi connectivity index (χ1v) is 7.31. The van der Waals surface area contributed by atoms with Crippen LogP contribution < -0.4 is 5.32 Å². The van der Waals surface area contributed by atoms with Crippen LogP contribution in [-0.2, 0) is 9.59 Å². The molecule has 1 saturated heterocycles. The number of hydrogen-bond donors (Lipinski definition) is 2. The van der Waals surface area contributed by atoms with Crippen LogP contribution in [-0.4, -0.2) is 47.6 Å². The number of rotatable bonds is 5. The standard InChI is InChI=1S/C14H24N2O3/c1-10(14(18)19)11-7-16(8-11)9-13(17)15-12-5-3-2-4-6-12/h10-12H,2-9H2,1H3,(H,15,17)(H,18,19). The summed E-state index contributed by atoms with van der Waals surface area (Å²) in [7, 11) is 0. The molecule has 0 radical (unpaired) electrons. The summed E-state index contributed by atoms with van der Waals surface area (Å²) in [6, 6.07) is 0.358. The number of nitrogens with zero attached hydrogens (tertiary/aromatic N) is 1. The predicted octanol–water partition coefficient (Wildman–Crippen LogP) is 1.09. The lowest BCUT2D eigenvalue weighted by atomic mass is 9.87. The zero-order valence-electron chi connectivity index (χ0n) is 11.6. The third kappa shape index (κ3) is 3.93. The number of amides is 1. The molecule has 5 heteroatoms. The molecule has 2 rings (SSSR count). The van der Waals surface area contributed by atoms with Crippen molar-refractivity contribution in [2.45, 2.75) is 45.1 Å². The number of aliphatic carboxylic acids is 1. The lowest BCUT2D eigenvalue weighted by Gasteiger charge is -2.41. The van der Waals surface area contributed by atoms with Crippen LogP contribution in [0.1, 0.15) is 39.0 Å². The molecular formula is C14H24N2O3. The highest BCUT2D eigenvalue weighted by molar-refractivity contribution is 5.78. The summed E-state index contributed by atoms with van der Waals surface area (Å²) in [6.07, 6.45) is 5.92. The van der Waals surface area contributed by atoms with E-state index in [9.17, 15) is 9.59 Å². The molecule has 2 fully saturated rings. The second-order valence-corrected chi connectivity index (χ2v) is 5.98. The Bertz CT molecular complexity index is 334. The van der Waals surface area contributed by atoms with E-state index in [1.807, 2.05) is 4.90 Å². The summed E-state index contributed by atoms with van der Waals surface area (Å²) in [5.41, 5.74) is 0. The van der Waals surface area contributed by atoms with E-state index in [4.69, 9.17) is 5.11 Å². The van der Waals surface area contributed by atoms with Gasteiger partial charge in [0.05, 0.1) is 12.5 Å². The second-order valence-electron chi connectivity index (χ2n) is 5.98. The molecule has 1 aliphatic heterocycles. The molecule has 1 atom stereocenters. The Morgan fingerprint density at radius 3 is 2.47 bits per heavy atom. The van der Waals surface area contributed by atoms with Crippen LogP contribution in [0.15, 0.2) is 0 Å². The number of hydrogen-bond acceptors (Lipinski definition) is 3. The minimum atomic E-state index is -0.740. The van der Waals surface area contributed by atoms with Gasteiger partial charge in [0.15, 0.2) is 0 Å². The summed E-state index contributed by atoms with van der Waals surface area (Å²) >= 11 is 0. The van der Waals surface area contributed by atoms with Gasteiger partial charge in [0.25, 0.3) is 0 Å². The highest BCUT2D eigenvalue weighted by atomic mass is 16.4. The van der Waals surface area contributed by atoms with Crippen molar-refractivity contribution in [2.75, 3.05) is 19.6 Å². The highest BCUT2D eigenvalue weighted by Crippen LogP contribution is 2.23. The maximum absolute atomic E-state index is 11.9. The quantitative estimate of drug-likeness (QED) is 0.783. The molecule has 0 aromatic rings. The zero-order chi connectivity index (χ0) is 13.8. The first-order valence-electron chi connectivity index (χ1n) is 7.31. The Morgan fingerprint density at radius 1 is 1.26 bits per heavy atom. The molecular weight excluding hydrogens is 244 g/mol. The number of carbonyl (C=O) groups is 2. The van der Waals surface area contributed by atoms with E-state index < -0.39 is 5.97 Å². The van der Waals surface area contributed by atoms with Crippen molar-refractivity contribution in [3.63, 3.8) is 0 Å². The van der Waals surface area contributed by atoms with Crippen molar-refractivity contribution in [3.05, 3.63) is 0 Å². The van der Waals surface area contributed by atoms with E-state index in [1.165, 1.54) is 19.3 Å². The van der Waals surface area contributed by atoms with Crippen molar-refractivity contribution in [3.8, 4) is 0 Å². The normalized spacial score (nSPS) is 23.6. The molecule has 5 nitrogen and oxygen atoms in total. The van der Waals surface area contributed by atoms with Crippen LogP contribution >= 0.6 is 0 Å². The smallest absolute Gasteiger partial charge is 0.306 e. The summed E-state index contributed by atoms with van der Waals surface area (Å²) < 4.78 is 0. The Hall–Kier alpha value is -1.10. The van der Waals surface area contributed by atoms with Crippen LogP contribution in [0.3, 0.4) is 0 Å². The van der Waals surface area contributed by atoms with Gasteiger partial charge in [-0.3, -0.25) is 14.5 Å². The monoisotopic (exact) mass is 268 g/mol. The fourth-order valence-electron chi connectivity index (χ4n) is 2.98. The lowest BCUT2D eigenvalue weighted by molar-refractivity contribution is -0.145. The second kappa shape index (κ2) is 6.37. The number of carboxylic acids is 1. The maximum Gasteiger partial charge on any atom is 0.306 e. The molecule has 1 aliphatic carbocycles. The summed E-state index contributed by atoms with van der Waals surface area (Å²) in [6.45, 7) is 3.61. The molecule has 1 heterocycles. The molecule has 1 saturated carbocycles. The average molecular weight is 268 g/mol. The highest BCUT2D eigenvalue weighted by Gasteiger charge is 2.35. The fourth-order valence-corrected chi connectivity index (χ4v) is 2.98. The number of likely N-dealkylation sites (tertiary alicyclic amines) is 1. The Balaban J connectivity index is 1.63. The molecule has 0 aromatic heterocycles. The number of carboxylic acid groups (broad SMARTS) is 1. The van der Waals surface area contributed by atoms with Gasteiger partial charge in [-0.25, -0.2) is 0 Å². The zero-order valence-corrected chi connectivity index (χ0v) is 11.6. The molecule has 2 N–H and O–H groups in total. The number of carbonyl (C=O) groups excluding carboxylic acids is 1. The van der Waals surface area contributed by atoms with E-state index in [0.717, 1.165) is 25.9 Å². The molecule has 0 bridgehead atoms. The lowest BCUT2D eigenvalue weighted by Crippen LogP contribution is -2.54. The van der Waals surface area contributed by atoms with Gasteiger partial charge >= 0.3 is 5.97 Å². The fraction of sp³-hybridized carbons (Fsp3) is 0.857. The van der Waals surface area contributed by atoms with Gasteiger partial charge in [-0.2, -0.15) is 0 Å². The minimum absolute atomic E-state index is 0.0910. The van der Waals surface area contributed by atoms with Gasteiger partial charge in [-0.1, -0.05) is 26.2 Å². The van der Waals surface area contributed by atoms with Gasteiger partial charge in [-0.05, 0) is 18.8 Å². The summed E-state index contributed by atoms with van der Waals surface area (Å²) in [4.78, 5) is 24.7. The summed E-state index contributed by atoms with van der Waals surface area (Å²) in [5, 5.41) is 12.0. The van der Waals surface area contributed by atoms with Crippen LogP contribution in [0, 0.1) is 11.8 Å². The van der Waals surface area contributed by atoms with Gasteiger partial charge in [-0.15, -0.1) is 0 Å². The molecule has 0 spiro atoms. The average Bonchev–Trinajstić information content (AvgIpc) is 2.33. The predicted molar refractivity (Wildman–Crippen MR) is 71.7 cm³/mol. The van der Waals surface area contributed by atoms with Crippen LogP contribution in [0.2, 0.25) is 0 Å². The Labute approximate surface area is 114 Å². The first-order chi connectivity index (χ1) is 9.06. The van der Waals surface area contributed by atoms with E-state index in [1.54, 1.807) is 6.92 Å². The SMILES string of the molecule is CC(C(=O)O)C1CN(CC(=O)NC2CCCCC2)C1. The topological polar surface area (TPSA) is 69.6 Å². The van der Waals surface area contributed by atoms with E-state index >= 15 is 0 Å². The number of nitrogens with one attached hydrogen (secondary N) is 1. The van der Waals surface area contributed by atoms with Gasteiger partial charge in [0, 0.05) is 19.1 Å². The first kappa shape index (κ1) is 14.3. The third-order valence-corrected chi connectivity index (χ3v) is 4.42. The third-order valence-electron chi connectivity index (χ3n) is 4.42. The largest absolute Gasteiger partial charge is 0.481 e. The van der Waals surface area contributed by atoms with Crippen LogP contribution in [0.5, 0.6) is 0 Å². The summed E-state index contributed by atoms with van der Waals surface area (Å²) in [5.74, 6) is -0.762. The van der Waals surface area contributed by atoms with E-state index in [-0.39, 0.29) is 17.7 Å². The van der Waals surface area contributed by atoms with Crippen molar-refractivity contribution >= 4 is 11.9 Å². The van der Waals surface area contributed by atoms with Crippen LogP contribution in [0.25, 0.3) is 0 Å². The Kier molecular flexibility index (Phi) is 4.80. The molecule has 19 heavy (non-hydrogen) atoms. The van der Waals surface area contributed by atoms with Crippen molar-refractivity contribution in [2.24, 2.45) is 11.8 Å². The van der Waals surface area contributed by atoms with E-state index in [2.05, 4.69) is 5.32 Å². The van der Waals surface area contributed by atoms with E-state index in [0.29, 0.717) is 12.6 Å². The maximum atomic E-state index is 11.9. The van der Waals surface area contributed by atoms with Crippen LogP contribution in [0.4, 0.5) is 0 Å². The van der Waals surface area contributed by atoms with Gasteiger partial charge in [0.2, 0.25) is 5.91 Å². The Morgan fingerprint density at radius 2 is 1.89 bits per heavy atom.